The van der Waals surface area contributed by atoms with E-state index in [0.29, 0.717) is 23.4 Å². The zero-order chi connectivity index (χ0) is 26.8. The lowest BCUT2D eigenvalue weighted by Gasteiger charge is -2.22. The number of ketones is 1. The average Bonchev–Trinajstić information content (AvgIpc) is 3.01. The maximum atomic E-state index is 12.8. The highest BCUT2D eigenvalue weighted by molar-refractivity contribution is 6.04. The third kappa shape index (κ3) is 6.96. The molecule has 8 heteroatoms. The van der Waals surface area contributed by atoms with Crippen LogP contribution in [0.5, 0.6) is 5.88 Å². The minimum absolute atomic E-state index is 0.0502. The number of Topliss-reactive ketones (excluding diaryl/α,β-unsaturated/α-hetero) is 1. The average molecular weight is 508 g/mol. The molecule has 0 aliphatic heterocycles. The SMILES string of the molecule is CCc1c(C(C)=O)c2c(OCC(=O)O)nc(C3CCCCC3)cn2c1CCC1=CCC=CC=C1.NC=O. The summed E-state index contributed by atoms with van der Waals surface area (Å²) in [6.07, 6.45) is 22.0. The number of carboxylic acids is 1. The first-order chi connectivity index (χ1) is 17.9. The van der Waals surface area contributed by atoms with Crippen molar-refractivity contribution in [2.45, 2.75) is 77.6 Å². The van der Waals surface area contributed by atoms with Crippen LogP contribution < -0.4 is 10.5 Å². The Morgan fingerprint density at radius 1 is 1.22 bits per heavy atom. The fourth-order valence-corrected chi connectivity index (χ4v) is 5.30. The third-order valence-corrected chi connectivity index (χ3v) is 6.90. The van der Waals surface area contributed by atoms with Crippen LogP contribution >= 0.6 is 0 Å². The first-order valence-electron chi connectivity index (χ1n) is 13.0. The number of allylic oxidation sites excluding steroid dienone is 6. The van der Waals surface area contributed by atoms with Gasteiger partial charge >= 0.3 is 5.97 Å². The van der Waals surface area contributed by atoms with Gasteiger partial charge in [0, 0.05) is 17.8 Å². The standard InChI is InChI=1S/C28H34N2O4.CH3NO/c1-3-22-24(16-15-20-11-7-4-5-8-12-20)30-17-23(21-13-9-6-10-14-21)29-28(34-18-25(32)33)27(30)26(22)19(2)31;2-1-3/h4-5,7,11-12,17,21H,3,6,8-10,13-16,18H2,1-2H3,(H,32,33);1H,(H2,2,3). The van der Waals surface area contributed by atoms with Crippen molar-refractivity contribution in [3.8, 4) is 5.88 Å². The first-order valence-corrected chi connectivity index (χ1v) is 13.0. The predicted octanol–water partition coefficient (Wildman–Crippen LogP) is 5.09. The summed E-state index contributed by atoms with van der Waals surface area (Å²) in [5.41, 5.74) is 9.68. The Labute approximate surface area is 217 Å². The van der Waals surface area contributed by atoms with E-state index >= 15 is 0 Å². The molecule has 2 aromatic heterocycles. The first kappa shape index (κ1) is 27.9. The lowest BCUT2D eigenvalue weighted by molar-refractivity contribution is -0.139. The number of nitrogens with zero attached hydrogens (tertiary/aromatic N) is 2. The normalized spacial score (nSPS) is 15.5. The predicted molar refractivity (Wildman–Crippen MR) is 143 cm³/mol. The summed E-state index contributed by atoms with van der Waals surface area (Å²) >= 11 is 0. The van der Waals surface area contributed by atoms with Crippen LogP contribution in [0.1, 0.15) is 92.0 Å². The number of fused-ring (bicyclic) bond motifs is 1. The number of ether oxygens (including phenoxy) is 1. The van der Waals surface area contributed by atoms with Crippen molar-refractivity contribution in [3.05, 3.63) is 64.7 Å². The number of carboxylic acid groups (broad SMARTS) is 1. The second-order valence-electron chi connectivity index (χ2n) is 9.35. The second kappa shape index (κ2) is 13.6. The number of aryl methyl sites for hydroxylation is 1. The lowest BCUT2D eigenvalue weighted by Crippen LogP contribution is -2.14. The van der Waals surface area contributed by atoms with Crippen LogP contribution in [0.2, 0.25) is 0 Å². The van der Waals surface area contributed by atoms with Crippen molar-refractivity contribution in [3.63, 3.8) is 0 Å². The van der Waals surface area contributed by atoms with E-state index in [2.05, 4.69) is 53.6 Å². The molecular weight excluding hydrogens is 470 g/mol. The minimum Gasteiger partial charge on any atom is -0.479 e. The zero-order valence-electron chi connectivity index (χ0n) is 21.7. The molecule has 0 radical (unpaired) electrons. The highest BCUT2D eigenvalue weighted by atomic mass is 16.5. The molecule has 1 amide bonds. The van der Waals surface area contributed by atoms with Gasteiger partial charge in [0.15, 0.2) is 12.4 Å². The fourth-order valence-electron chi connectivity index (χ4n) is 5.30. The molecule has 8 nitrogen and oxygen atoms in total. The quantitative estimate of drug-likeness (QED) is 0.360. The Morgan fingerprint density at radius 3 is 2.59 bits per heavy atom. The van der Waals surface area contributed by atoms with Gasteiger partial charge in [0.1, 0.15) is 5.52 Å². The zero-order valence-corrected chi connectivity index (χ0v) is 21.7. The van der Waals surface area contributed by atoms with Gasteiger partial charge in [-0.25, -0.2) is 9.78 Å². The van der Waals surface area contributed by atoms with E-state index in [9.17, 15) is 14.7 Å². The molecule has 37 heavy (non-hydrogen) atoms. The van der Waals surface area contributed by atoms with Crippen molar-refractivity contribution in [2.75, 3.05) is 6.61 Å². The lowest BCUT2D eigenvalue weighted by atomic mass is 9.87. The van der Waals surface area contributed by atoms with Gasteiger partial charge in [0.05, 0.1) is 11.3 Å². The Bertz CT molecular complexity index is 1220. The molecule has 0 unspecified atom stereocenters. The van der Waals surface area contributed by atoms with Gasteiger partial charge in [0.2, 0.25) is 12.3 Å². The molecule has 2 heterocycles. The molecule has 1 saturated carbocycles. The van der Waals surface area contributed by atoms with Gasteiger partial charge in [-0.05, 0) is 51.0 Å². The van der Waals surface area contributed by atoms with Crippen molar-refractivity contribution in [1.29, 1.82) is 0 Å². The van der Waals surface area contributed by atoms with Crippen LogP contribution in [0.25, 0.3) is 5.52 Å². The summed E-state index contributed by atoms with van der Waals surface area (Å²) in [5.74, 6) is -0.527. The molecule has 2 aliphatic carbocycles. The smallest absolute Gasteiger partial charge is 0.341 e. The Kier molecular flexibility index (Phi) is 10.2. The molecule has 0 saturated heterocycles. The van der Waals surface area contributed by atoms with Crippen LogP contribution in [-0.2, 0) is 22.4 Å². The topological polar surface area (TPSA) is 124 Å². The highest BCUT2D eigenvalue weighted by Gasteiger charge is 2.27. The number of hydrogen-bond acceptors (Lipinski definition) is 5. The summed E-state index contributed by atoms with van der Waals surface area (Å²) < 4.78 is 7.80. The Hall–Kier alpha value is -3.68. The summed E-state index contributed by atoms with van der Waals surface area (Å²) in [6, 6.07) is 0. The monoisotopic (exact) mass is 507 g/mol. The van der Waals surface area contributed by atoms with E-state index in [0.717, 1.165) is 49.1 Å². The Balaban J connectivity index is 0.00000121. The minimum atomic E-state index is -1.06. The van der Waals surface area contributed by atoms with Gasteiger partial charge in [-0.15, -0.1) is 0 Å². The second-order valence-corrected chi connectivity index (χ2v) is 9.35. The molecule has 0 aromatic carbocycles. The summed E-state index contributed by atoms with van der Waals surface area (Å²) in [4.78, 5) is 37.5. The maximum absolute atomic E-state index is 12.8. The van der Waals surface area contributed by atoms with Gasteiger partial charge in [-0.2, -0.15) is 0 Å². The van der Waals surface area contributed by atoms with Crippen molar-refractivity contribution >= 4 is 23.7 Å². The molecule has 4 rings (SSSR count). The van der Waals surface area contributed by atoms with E-state index in [1.165, 1.54) is 24.8 Å². The summed E-state index contributed by atoms with van der Waals surface area (Å²) in [6.45, 7) is 3.14. The Morgan fingerprint density at radius 2 is 1.95 bits per heavy atom. The number of nitrogens with two attached hydrogens (primary N) is 1. The van der Waals surface area contributed by atoms with E-state index in [-0.39, 0.29) is 18.1 Å². The van der Waals surface area contributed by atoms with Gasteiger partial charge < -0.3 is 20.0 Å². The van der Waals surface area contributed by atoms with Crippen molar-refractivity contribution < 1.29 is 24.2 Å². The molecule has 2 aromatic rings. The fraction of sp³-hybridized carbons (Fsp3) is 0.448. The molecule has 2 aliphatic rings. The number of aliphatic carboxylic acids is 1. The largest absolute Gasteiger partial charge is 0.479 e. The number of amides is 1. The number of carbonyl (C=O) groups is 3. The van der Waals surface area contributed by atoms with E-state index in [4.69, 9.17) is 14.5 Å². The molecule has 198 valence electrons. The molecule has 3 N–H and O–H groups in total. The molecule has 1 fully saturated rings. The summed E-state index contributed by atoms with van der Waals surface area (Å²) in [7, 11) is 0. The number of primary amides is 1. The van der Waals surface area contributed by atoms with Crippen LogP contribution in [0, 0.1) is 0 Å². The number of carbonyl (C=O) groups excluding carboxylic acids is 2. The molecule has 0 spiro atoms. The maximum Gasteiger partial charge on any atom is 0.341 e. The van der Waals surface area contributed by atoms with Crippen LogP contribution in [-0.4, -0.2) is 39.3 Å². The van der Waals surface area contributed by atoms with E-state index < -0.39 is 12.6 Å². The summed E-state index contributed by atoms with van der Waals surface area (Å²) in [5, 5.41) is 9.26. The van der Waals surface area contributed by atoms with Gasteiger partial charge in [0.25, 0.3) is 0 Å². The van der Waals surface area contributed by atoms with Gasteiger partial charge in [-0.3, -0.25) is 9.59 Å². The number of hydrogen-bond donors (Lipinski definition) is 2. The van der Waals surface area contributed by atoms with E-state index in [1.807, 2.05) is 0 Å². The third-order valence-electron chi connectivity index (χ3n) is 6.90. The van der Waals surface area contributed by atoms with Gasteiger partial charge in [-0.1, -0.05) is 62.1 Å². The molecular formula is C29H37N3O5. The van der Waals surface area contributed by atoms with Crippen LogP contribution in [0.15, 0.2) is 42.2 Å². The van der Waals surface area contributed by atoms with Crippen molar-refractivity contribution in [2.24, 2.45) is 5.73 Å². The van der Waals surface area contributed by atoms with Crippen LogP contribution in [0.4, 0.5) is 0 Å². The number of rotatable bonds is 9. The molecule has 0 bridgehead atoms. The van der Waals surface area contributed by atoms with Crippen molar-refractivity contribution in [1.82, 2.24) is 9.38 Å². The molecule has 0 atom stereocenters. The van der Waals surface area contributed by atoms with E-state index in [1.54, 1.807) is 6.92 Å². The number of aromatic nitrogens is 2. The van der Waals surface area contributed by atoms with Crippen LogP contribution in [0.3, 0.4) is 0 Å². The highest BCUT2D eigenvalue weighted by Crippen LogP contribution is 2.37.